The van der Waals surface area contributed by atoms with Gasteiger partial charge in [0.05, 0.1) is 35.9 Å². The molecule has 0 spiro atoms. The summed E-state index contributed by atoms with van der Waals surface area (Å²) in [6.07, 6.45) is 3.72. The molecule has 5 rings (SSSR count). The van der Waals surface area contributed by atoms with Crippen LogP contribution in [0.3, 0.4) is 0 Å². The average molecular weight is 393 g/mol. The van der Waals surface area contributed by atoms with Crippen LogP contribution in [0.25, 0.3) is 11.0 Å². The standard InChI is InChI=1S/C19H15N5O3S/c25-17(15-2-1-7-27-15)23-19-22-13-5-6-24(9-16(13)28-19)18(26)11-3-4-12-14(8-11)21-10-20-12/h1-4,7-8,10H,5-6,9H2,(H,20,21)(H,22,23,25). The molecule has 4 heterocycles. The van der Waals surface area contributed by atoms with Gasteiger partial charge in [0, 0.05) is 23.4 Å². The van der Waals surface area contributed by atoms with Crippen molar-refractivity contribution in [1.29, 1.82) is 0 Å². The molecule has 3 aromatic heterocycles. The largest absolute Gasteiger partial charge is 0.459 e. The molecule has 1 aliphatic heterocycles. The molecule has 28 heavy (non-hydrogen) atoms. The minimum atomic E-state index is -0.336. The van der Waals surface area contributed by atoms with E-state index in [9.17, 15) is 9.59 Å². The summed E-state index contributed by atoms with van der Waals surface area (Å²) in [6.45, 7) is 1.06. The van der Waals surface area contributed by atoms with Crippen LogP contribution in [-0.2, 0) is 13.0 Å². The number of H-pyrrole nitrogens is 1. The molecule has 4 aromatic rings. The fourth-order valence-corrected chi connectivity index (χ4v) is 4.26. The number of nitrogens with zero attached hydrogens (tertiary/aromatic N) is 3. The summed E-state index contributed by atoms with van der Waals surface area (Å²) in [5, 5.41) is 3.27. The molecule has 2 amide bonds. The highest BCUT2D eigenvalue weighted by molar-refractivity contribution is 7.15. The average Bonchev–Trinajstić information content (AvgIpc) is 3.45. The minimum Gasteiger partial charge on any atom is -0.459 e. The Hall–Kier alpha value is -3.46. The molecule has 0 fully saturated rings. The number of thiazole rings is 1. The molecule has 8 nitrogen and oxygen atoms in total. The van der Waals surface area contributed by atoms with Gasteiger partial charge in [0.2, 0.25) is 0 Å². The van der Waals surface area contributed by atoms with Crippen molar-refractivity contribution in [2.45, 2.75) is 13.0 Å². The fraction of sp³-hybridized carbons (Fsp3) is 0.158. The highest BCUT2D eigenvalue weighted by Crippen LogP contribution is 2.29. The van der Waals surface area contributed by atoms with Crippen LogP contribution in [0.5, 0.6) is 0 Å². The Bertz CT molecular complexity index is 1180. The van der Waals surface area contributed by atoms with Gasteiger partial charge in [0.15, 0.2) is 10.9 Å². The summed E-state index contributed by atoms with van der Waals surface area (Å²) in [6, 6.07) is 8.71. The lowest BCUT2D eigenvalue weighted by molar-refractivity contribution is 0.0736. The van der Waals surface area contributed by atoms with Crippen molar-refractivity contribution in [3.8, 4) is 0 Å². The summed E-state index contributed by atoms with van der Waals surface area (Å²) in [5.74, 6) is -0.132. The number of rotatable bonds is 3. The Labute approximate surface area is 163 Å². The molecule has 0 unspecified atom stereocenters. The lowest BCUT2D eigenvalue weighted by Gasteiger charge is -2.26. The van der Waals surface area contributed by atoms with Crippen LogP contribution in [0.4, 0.5) is 5.13 Å². The predicted octanol–water partition coefficient (Wildman–Crippen LogP) is 3.06. The van der Waals surface area contributed by atoms with Crippen molar-refractivity contribution in [2.75, 3.05) is 11.9 Å². The molecule has 1 aromatic carbocycles. The Balaban J connectivity index is 1.32. The van der Waals surface area contributed by atoms with E-state index in [4.69, 9.17) is 4.42 Å². The number of aromatic amines is 1. The van der Waals surface area contributed by atoms with E-state index < -0.39 is 0 Å². The maximum absolute atomic E-state index is 12.9. The van der Waals surface area contributed by atoms with Crippen LogP contribution < -0.4 is 5.32 Å². The van der Waals surface area contributed by atoms with E-state index in [0.717, 1.165) is 21.6 Å². The Morgan fingerprint density at radius 3 is 3.07 bits per heavy atom. The van der Waals surface area contributed by atoms with Crippen molar-refractivity contribution >= 4 is 39.3 Å². The quantitative estimate of drug-likeness (QED) is 0.557. The van der Waals surface area contributed by atoms with Crippen molar-refractivity contribution < 1.29 is 14.0 Å². The van der Waals surface area contributed by atoms with Gasteiger partial charge < -0.3 is 14.3 Å². The van der Waals surface area contributed by atoms with Crippen molar-refractivity contribution in [2.24, 2.45) is 0 Å². The summed E-state index contributed by atoms with van der Waals surface area (Å²) in [5.41, 5.74) is 3.21. The van der Waals surface area contributed by atoms with E-state index in [1.807, 2.05) is 12.1 Å². The fourth-order valence-electron chi connectivity index (χ4n) is 3.24. The number of hydrogen-bond acceptors (Lipinski definition) is 6. The third-order valence-corrected chi connectivity index (χ3v) is 5.65. The Morgan fingerprint density at radius 2 is 2.21 bits per heavy atom. The van der Waals surface area contributed by atoms with E-state index in [-0.39, 0.29) is 17.6 Å². The van der Waals surface area contributed by atoms with Gasteiger partial charge in [-0.15, -0.1) is 0 Å². The minimum absolute atomic E-state index is 0.0308. The number of amides is 2. The number of anilines is 1. The molecule has 0 saturated carbocycles. The van der Waals surface area contributed by atoms with E-state index in [0.29, 0.717) is 30.2 Å². The first-order valence-electron chi connectivity index (χ1n) is 8.73. The van der Waals surface area contributed by atoms with Crippen molar-refractivity contribution in [3.05, 3.63) is 64.8 Å². The summed E-state index contributed by atoms with van der Waals surface area (Å²) in [4.78, 5) is 39.5. The first kappa shape index (κ1) is 16.7. The van der Waals surface area contributed by atoms with E-state index in [1.54, 1.807) is 29.4 Å². The van der Waals surface area contributed by atoms with Gasteiger partial charge in [-0.2, -0.15) is 0 Å². The third kappa shape index (κ3) is 2.95. The number of fused-ring (bicyclic) bond motifs is 2. The van der Waals surface area contributed by atoms with E-state index >= 15 is 0 Å². The highest BCUT2D eigenvalue weighted by Gasteiger charge is 2.26. The molecule has 0 bridgehead atoms. The van der Waals surface area contributed by atoms with E-state index in [1.165, 1.54) is 17.6 Å². The molecule has 0 radical (unpaired) electrons. The number of aromatic nitrogens is 3. The molecule has 9 heteroatoms. The first-order valence-corrected chi connectivity index (χ1v) is 9.55. The predicted molar refractivity (Wildman–Crippen MR) is 103 cm³/mol. The number of nitrogens with one attached hydrogen (secondary N) is 2. The topological polar surface area (TPSA) is 104 Å². The number of carbonyl (C=O) groups excluding carboxylic acids is 2. The lowest BCUT2D eigenvalue weighted by atomic mass is 10.1. The summed E-state index contributed by atoms with van der Waals surface area (Å²) < 4.78 is 5.10. The van der Waals surface area contributed by atoms with Crippen molar-refractivity contribution in [1.82, 2.24) is 19.9 Å². The SMILES string of the molecule is O=C(Nc1nc2c(s1)CN(C(=O)c1ccc3nc[nH]c3c1)CC2)c1ccco1. The maximum atomic E-state index is 12.9. The molecular formula is C19H15N5O3S. The molecule has 0 atom stereocenters. The summed E-state index contributed by atoms with van der Waals surface area (Å²) in [7, 11) is 0. The Kier molecular flexibility index (Phi) is 3.94. The second-order valence-electron chi connectivity index (χ2n) is 6.43. The molecule has 0 aliphatic carbocycles. The third-order valence-electron chi connectivity index (χ3n) is 4.65. The number of imidazole rings is 1. The van der Waals surface area contributed by atoms with Crippen LogP contribution in [0.1, 0.15) is 31.5 Å². The van der Waals surface area contributed by atoms with E-state index in [2.05, 4.69) is 20.3 Å². The highest BCUT2D eigenvalue weighted by atomic mass is 32.1. The van der Waals surface area contributed by atoms with Gasteiger partial charge >= 0.3 is 0 Å². The van der Waals surface area contributed by atoms with Gasteiger partial charge in [-0.05, 0) is 30.3 Å². The van der Waals surface area contributed by atoms with Crippen LogP contribution in [0, 0.1) is 0 Å². The zero-order chi connectivity index (χ0) is 19.1. The van der Waals surface area contributed by atoms with Crippen molar-refractivity contribution in [3.63, 3.8) is 0 Å². The first-order chi connectivity index (χ1) is 13.7. The smallest absolute Gasteiger partial charge is 0.293 e. The number of furan rings is 1. The van der Waals surface area contributed by atoms with Crippen LogP contribution in [0.2, 0.25) is 0 Å². The molecular weight excluding hydrogens is 378 g/mol. The van der Waals surface area contributed by atoms with Crippen LogP contribution in [0.15, 0.2) is 47.3 Å². The molecule has 2 N–H and O–H groups in total. The van der Waals surface area contributed by atoms with Gasteiger partial charge in [0.1, 0.15) is 0 Å². The monoisotopic (exact) mass is 393 g/mol. The number of hydrogen-bond donors (Lipinski definition) is 2. The normalized spacial score (nSPS) is 13.5. The second-order valence-corrected chi connectivity index (χ2v) is 7.52. The van der Waals surface area contributed by atoms with Crippen LogP contribution >= 0.6 is 11.3 Å². The second kappa shape index (κ2) is 6.61. The van der Waals surface area contributed by atoms with Gasteiger partial charge in [0.25, 0.3) is 11.8 Å². The van der Waals surface area contributed by atoms with Crippen LogP contribution in [-0.4, -0.2) is 38.2 Å². The summed E-state index contributed by atoms with van der Waals surface area (Å²) >= 11 is 1.39. The van der Waals surface area contributed by atoms with Gasteiger partial charge in [-0.3, -0.25) is 14.9 Å². The zero-order valence-corrected chi connectivity index (χ0v) is 15.5. The maximum Gasteiger partial charge on any atom is 0.293 e. The molecule has 140 valence electrons. The van der Waals surface area contributed by atoms with Gasteiger partial charge in [-0.1, -0.05) is 11.3 Å². The lowest BCUT2D eigenvalue weighted by Crippen LogP contribution is -2.35. The Morgan fingerprint density at radius 1 is 1.29 bits per heavy atom. The van der Waals surface area contributed by atoms with Gasteiger partial charge in [-0.25, -0.2) is 9.97 Å². The number of carbonyl (C=O) groups is 2. The zero-order valence-electron chi connectivity index (χ0n) is 14.6. The molecule has 1 aliphatic rings. The molecule has 0 saturated heterocycles. The number of benzene rings is 1.